The second kappa shape index (κ2) is 9.63. The third-order valence-electron chi connectivity index (χ3n) is 3.64. The molecule has 0 radical (unpaired) electrons. The van der Waals surface area contributed by atoms with Gasteiger partial charge in [-0.2, -0.15) is 13.2 Å². The van der Waals surface area contributed by atoms with Gasteiger partial charge < -0.3 is 19.5 Å². The van der Waals surface area contributed by atoms with E-state index >= 15 is 0 Å². The molecule has 0 unspecified atom stereocenters. The van der Waals surface area contributed by atoms with Gasteiger partial charge in [0.2, 0.25) is 0 Å². The molecule has 0 bridgehead atoms. The minimum atomic E-state index is -4.62. The topological polar surface area (TPSA) is 73.9 Å². The fourth-order valence-electron chi connectivity index (χ4n) is 2.30. The van der Waals surface area contributed by atoms with E-state index in [4.69, 9.17) is 14.2 Å². The van der Waals surface area contributed by atoms with Crippen LogP contribution in [0.15, 0.2) is 48.5 Å². The van der Waals surface area contributed by atoms with Crippen LogP contribution in [0, 0.1) is 0 Å². The van der Waals surface area contributed by atoms with Crippen molar-refractivity contribution in [3.8, 4) is 11.5 Å². The van der Waals surface area contributed by atoms with Crippen molar-refractivity contribution in [2.24, 2.45) is 0 Å². The van der Waals surface area contributed by atoms with Gasteiger partial charge in [0.05, 0.1) is 25.5 Å². The maximum Gasteiger partial charge on any atom is 0.418 e. The summed E-state index contributed by atoms with van der Waals surface area (Å²) in [5.41, 5.74) is -0.826. The van der Waals surface area contributed by atoms with Gasteiger partial charge in [-0.15, -0.1) is 0 Å². The number of methoxy groups -OCH3 is 2. The largest absolute Gasteiger partial charge is 0.497 e. The number of hydrogen-bond acceptors (Lipinski definition) is 5. The summed E-state index contributed by atoms with van der Waals surface area (Å²) in [5, 5.41) is 2.08. The lowest BCUT2D eigenvalue weighted by Crippen LogP contribution is -2.22. The number of benzene rings is 2. The van der Waals surface area contributed by atoms with E-state index in [9.17, 15) is 22.8 Å². The molecule has 0 heterocycles. The summed E-state index contributed by atoms with van der Waals surface area (Å²) in [6.07, 6.45) is -2.13. The van der Waals surface area contributed by atoms with Crippen molar-refractivity contribution in [1.82, 2.24) is 0 Å². The van der Waals surface area contributed by atoms with Gasteiger partial charge >= 0.3 is 12.1 Å². The van der Waals surface area contributed by atoms with Crippen LogP contribution in [-0.2, 0) is 20.5 Å². The minimum Gasteiger partial charge on any atom is -0.497 e. The zero-order chi connectivity index (χ0) is 21.4. The SMILES string of the molecule is COc1cc(/C=C/C(=O)OCC(=O)Nc2ccccc2C(F)(F)F)cc(OC)c1. The number of nitrogens with one attached hydrogen (secondary N) is 1. The molecule has 0 saturated carbocycles. The number of amides is 1. The molecular formula is C20H18F3NO5. The highest BCUT2D eigenvalue weighted by Gasteiger charge is 2.33. The smallest absolute Gasteiger partial charge is 0.418 e. The summed E-state index contributed by atoms with van der Waals surface area (Å²) in [7, 11) is 2.96. The van der Waals surface area contributed by atoms with E-state index in [0.717, 1.165) is 18.2 Å². The second-order valence-electron chi connectivity index (χ2n) is 5.68. The average Bonchev–Trinajstić information content (AvgIpc) is 2.70. The molecule has 2 aromatic carbocycles. The number of rotatable bonds is 7. The van der Waals surface area contributed by atoms with Crippen LogP contribution in [-0.4, -0.2) is 32.7 Å². The highest BCUT2D eigenvalue weighted by Crippen LogP contribution is 2.34. The van der Waals surface area contributed by atoms with Crippen LogP contribution >= 0.6 is 0 Å². The molecule has 154 valence electrons. The molecule has 1 amide bonds. The van der Waals surface area contributed by atoms with E-state index in [2.05, 4.69) is 5.32 Å². The van der Waals surface area contributed by atoms with Crippen LogP contribution in [0.3, 0.4) is 0 Å². The highest BCUT2D eigenvalue weighted by atomic mass is 19.4. The molecule has 1 N–H and O–H groups in total. The lowest BCUT2D eigenvalue weighted by molar-refractivity contribution is -0.142. The van der Waals surface area contributed by atoms with Crippen molar-refractivity contribution < 1.29 is 37.0 Å². The van der Waals surface area contributed by atoms with Crippen molar-refractivity contribution in [2.75, 3.05) is 26.1 Å². The van der Waals surface area contributed by atoms with Crippen LogP contribution in [0.5, 0.6) is 11.5 Å². The zero-order valence-electron chi connectivity index (χ0n) is 15.6. The fraction of sp³-hybridized carbons (Fsp3) is 0.200. The van der Waals surface area contributed by atoms with Crippen LogP contribution < -0.4 is 14.8 Å². The predicted octanol–water partition coefficient (Wildman–Crippen LogP) is 3.92. The predicted molar refractivity (Wildman–Crippen MR) is 99.6 cm³/mol. The summed E-state index contributed by atoms with van der Waals surface area (Å²) in [6.45, 7) is -0.739. The Hall–Kier alpha value is -3.49. The standard InChI is InChI=1S/C20H18F3NO5/c1-27-14-9-13(10-15(11-14)28-2)7-8-19(26)29-12-18(25)24-17-6-4-3-5-16(17)20(21,22)23/h3-11H,12H2,1-2H3,(H,24,25)/b8-7+. The minimum absolute atomic E-state index is 0.417. The number of carbonyl (C=O) groups is 2. The molecule has 0 fully saturated rings. The molecule has 29 heavy (non-hydrogen) atoms. The molecule has 0 aromatic heterocycles. The quantitative estimate of drug-likeness (QED) is 0.554. The van der Waals surface area contributed by atoms with Crippen LogP contribution in [0.2, 0.25) is 0 Å². The molecule has 6 nitrogen and oxygen atoms in total. The Labute approximate surface area is 164 Å². The first-order chi connectivity index (χ1) is 13.7. The number of halogens is 3. The summed E-state index contributed by atoms with van der Waals surface area (Å²) in [5.74, 6) is -0.710. The molecule has 2 rings (SSSR count). The van der Waals surface area contributed by atoms with Gasteiger partial charge in [-0.1, -0.05) is 12.1 Å². The molecule has 0 saturated heterocycles. The molecule has 0 spiro atoms. The molecule has 0 aliphatic heterocycles. The highest BCUT2D eigenvalue weighted by molar-refractivity contribution is 5.95. The Bertz CT molecular complexity index is 887. The van der Waals surface area contributed by atoms with Crippen LogP contribution in [0.4, 0.5) is 18.9 Å². The number of hydrogen-bond donors (Lipinski definition) is 1. The number of alkyl halides is 3. The maximum absolute atomic E-state index is 12.9. The van der Waals surface area contributed by atoms with Crippen molar-refractivity contribution in [3.05, 3.63) is 59.7 Å². The van der Waals surface area contributed by atoms with Crippen LogP contribution in [0.25, 0.3) is 6.08 Å². The fourth-order valence-corrected chi connectivity index (χ4v) is 2.30. The first-order valence-electron chi connectivity index (χ1n) is 8.27. The lowest BCUT2D eigenvalue weighted by Gasteiger charge is -2.13. The van der Waals surface area contributed by atoms with Crippen molar-refractivity contribution in [1.29, 1.82) is 0 Å². The summed E-state index contributed by atoms with van der Waals surface area (Å²) >= 11 is 0. The third-order valence-corrected chi connectivity index (χ3v) is 3.64. The Balaban J connectivity index is 1.95. The van der Waals surface area contributed by atoms with Gasteiger partial charge in [0.25, 0.3) is 5.91 Å². The van der Waals surface area contributed by atoms with E-state index in [-0.39, 0.29) is 0 Å². The Morgan fingerprint density at radius 3 is 2.24 bits per heavy atom. The molecule has 9 heteroatoms. The first-order valence-corrected chi connectivity index (χ1v) is 8.27. The summed E-state index contributed by atoms with van der Waals surface area (Å²) in [6, 6.07) is 9.45. The van der Waals surface area contributed by atoms with Gasteiger partial charge in [0.15, 0.2) is 6.61 Å². The van der Waals surface area contributed by atoms with Crippen molar-refractivity contribution in [2.45, 2.75) is 6.18 Å². The first kappa shape index (κ1) is 21.8. The molecule has 2 aromatic rings. The van der Waals surface area contributed by atoms with Crippen molar-refractivity contribution >= 4 is 23.6 Å². The molecule has 0 aliphatic rings. The summed E-state index contributed by atoms with van der Waals surface area (Å²) in [4.78, 5) is 23.6. The van der Waals surface area contributed by atoms with Gasteiger partial charge in [0, 0.05) is 12.1 Å². The Kier molecular flexibility index (Phi) is 7.24. The number of anilines is 1. The zero-order valence-corrected chi connectivity index (χ0v) is 15.6. The Morgan fingerprint density at radius 2 is 1.66 bits per heavy atom. The van der Waals surface area contributed by atoms with E-state index < -0.39 is 35.9 Å². The third kappa shape index (κ3) is 6.56. The number of esters is 1. The average molecular weight is 409 g/mol. The maximum atomic E-state index is 12.9. The molecular weight excluding hydrogens is 391 g/mol. The second-order valence-corrected chi connectivity index (χ2v) is 5.68. The molecule has 0 aliphatic carbocycles. The van der Waals surface area contributed by atoms with Crippen molar-refractivity contribution in [3.63, 3.8) is 0 Å². The number of para-hydroxylation sites is 1. The van der Waals surface area contributed by atoms with Crippen LogP contribution in [0.1, 0.15) is 11.1 Å². The van der Waals surface area contributed by atoms with Gasteiger partial charge in [-0.05, 0) is 35.9 Å². The van der Waals surface area contributed by atoms with E-state index in [0.29, 0.717) is 17.1 Å². The summed E-state index contributed by atoms with van der Waals surface area (Å²) < 4.78 is 53.7. The lowest BCUT2D eigenvalue weighted by atomic mass is 10.1. The number of carbonyl (C=O) groups excluding carboxylic acids is 2. The molecule has 0 atom stereocenters. The number of ether oxygens (including phenoxy) is 3. The van der Waals surface area contributed by atoms with Gasteiger partial charge in [0.1, 0.15) is 11.5 Å². The van der Waals surface area contributed by atoms with Gasteiger partial charge in [-0.3, -0.25) is 4.79 Å². The monoisotopic (exact) mass is 409 g/mol. The van der Waals surface area contributed by atoms with Gasteiger partial charge in [-0.25, -0.2) is 4.79 Å². The van der Waals surface area contributed by atoms with E-state index in [1.807, 2.05) is 0 Å². The normalized spacial score (nSPS) is 11.2. The van der Waals surface area contributed by atoms with E-state index in [1.165, 1.54) is 32.4 Å². The van der Waals surface area contributed by atoms with E-state index in [1.54, 1.807) is 18.2 Å². The Morgan fingerprint density at radius 1 is 1.03 bits per heavy atom.